The smallest absolute Gasteiger partial charge is 0.311 e. The third-order valence-corrected chi connectivity index (χ3v) is 17.3. The molecule has 1 aliphatic heterocycles. The van der Waals surface area contributed by atoms with Crippen LogP contribution in [-0.4, -0.2) is 41.4 Å². The molecule has 1 saturated heterocycles. The fraction of sp³-hybridized carbons (Fsp3) is 0.424. The summed E-state index contributed by atoms with van der Waals surface area (Å²) in [5, 5.41) is 3.66. The molecule has 0 unspecified atom stereocenters. The minimum atomic E-state index is -2.81. The summed E-state index contributed by atoms with van der Waals surface area (Å²) in [4.78, 5) is 13.0. The van der Waals surface area contributed by atoms with Gasteiger partial charge in [-0.1, -0.05) is 119 Å². The van der Waals surface area contributed by atoms with Crippen LogP contribution in [0, 0.1) is 11.8 Å². The third kappa shape index (κ3) is 6.14. The summed E-state index contributed by atoms with van der Waals surface area (Å²) in [5.74, 6) is -0.367. The van der Waals surface area contributed by atoms with Crippen LogP contribution in [0.15, 0.2) is 91.0 Å². The molecule has 0 amide bonds. The zero-order valence-corrected chi connectivity index (χ0v) is 26.5. The molecule has 208 valence electrons. The predicted octanol–water partition coefficient (Wildman–Crippen LogP) is 5.65. The van der Waals surface area contributed by atoms with Crippen molar-refractivity contribution in [3.8, 4) is 0 Å². The standard InChI is InChI=1S/C33H44O4Si2/c1-25-30(36-32(34)26(2)31(25)37-38(6,7)33(3,4)5)23-24-35-39(27-17-11-8-12-18-27,28-19-13-9-14-20-28)29-21-15-10-16-22-29/h8-22,25-26,30-31H,23-24H2,1-7H3/t25-,26-,30-,31+/m0/s1. The van der Waals surface area contributed by atoms with Crippen molar-refractivity contribution in [1.29, 1.82) is 0 Å². The summed E-state index contributed by atoms with van der Waals surface area (Å²) in [6, 6.07) is 31.7. The molecule has 1 aliphatic rings. The SMILES string of the molecule is C[C@@H]1[C@@H](O[Si](C)(C)C(C)(C)C)[C@H](C)C(=O)O[C@H]1CCO[Si](c1ccccc1)(c1ccccc1)c1ccccc1. The molecule has 0 saturated carbocycles. The van der Waals surface area contributed by atoms with E-state index in [1.54, 1.807) is 0 Å². The Kier molecular flexibility index (Phi) is 9.01. The van der Waals surface area contributed by atoms with Crippen LogP contribution >= 0.6 is 0 Å². The largest absolute Gasteiger partial charge is 0.462 e. The van der Waals surface area contributed by atoms with Gasteiger partial charge in [-0.15, -0.1) is 0 Å². The molecule has 0 aromatic heterocycles. The molecule has 1 fully saturated rings. The van der Waals surface area contributed by atoms with Crippen LogP contribution in [0.2, 0.25) is 18.1 Å². The summed E-state index contributed by atoms with van der Waals surface area (Å²) in [5.41, 5.74) is 0. The maximum Gasteiger partial charge on any atom is 0.311 e. The van der Waals surface area contributed by atoms with Gasteiger partial charge in [0.15, 0.2) is 8.32 Å². The van der Waals surface area contributed by atoms with Crippen molar-refractivity contribution in [3.63, 3.8) is 0 Å². The van der Waals surface area contributed by atoms with E-state index in [4.69, 9.17) is 13.6 Å². The number of hydrogen-bond donors (Lipinski definition) is 0. The lowest BCUT2D eigenvalue weighted by molar-refractivity contribution is -0.176. The highest BCUT2D eigenvalue weighted by Gasteiger charge is 2.48. The van der Waals surface area contributed by atoms with Gasteiger partial charge in [0, 0.05) is 18.9 Å². The predicted molar refractivity (Wildman–Crippen MR) is 165 cm³/mol. The lowest BCUT2D eigenvalue weighted by atomic mass is 9.85. The molecule has 1 heterocycles. The number of carbonyl (C=O) groups is 1. The zero-order valence-electron chi connectivity index (χ0n) is 24.5. The summed E-state index contributed by atoms with van der Waals surface area (Å²) < 4.78 is 19.9. The van der Waals surface area contributed by atoms with Crippen LogP contribution < -0.4 is 15.6 Å². The molecule has 0 N–H and O–H groups in total. The van der Waals surface area contributed by atoms with Crippen LogP contribution in [0.5, 0.6) is 0 Å². The molecule has 0 aliphatic carbocycles. The highest BCUT2D eigenvalue weighted by Crippen LogP contribution is 2.41. The van der Waals surface area contributed by atoms with E-state index < -0.39 is 16.6 Å². The van der Waals surface area contributed by atoms with Gasteiger partial charge in [0.2, 0.25) is 0 Å². The Morgan fingerprint density at radius 3 is 1.62 bits per heavy atom. The molecule has 0 radical (unpaired) electrons. The first-order valence-electron chi connectivity index (χ1n) is 14.2. The minimum absolute atomic E-state index is 0.0681. The van der Waals surface area contributed by atoms with Crippen molar-refractivity contribution in [2.24, 2.45) is 11.8 Å². The number of esters is 1. The Labute approximate surface area is 237 Å². The fourth-order valence-electron chi connectivity index (χ4n) is 5.31. The average Bonchev–Trinajstić information content (AvgIpc) is 2.93. The van der Waals surface area contributed by atoms with E-state index in [2.05, 4.69) is 114 Å². The van der Waals surface area contributed by atoms with Gasteiger partial charge in [-0.2, -0.15) is 0 Å². The Balaban J connectivity index is 1.62. The van der Waals surface area contributed by atoms with Crippen molar-refractivity contribution in [2.45, 2.75) is 71.4 Å². The Bertz CT molecular complexity index is 1110. The lowest BCUT2D eigenvalue weighted by Crippen LogP contribution is -2.69. The molecule has 4 rings (SSSR count). The van der Waals surface area contributed by atoms with Crippen molar-refractivity contribution < 1.29 is 18.4 Å². The normalized spacial score (nSPS) is 22.4. The number of carbonyl (C=O) groups excluding carboxylic acids is 1. The van der Waals surface area contributed by atoms with Gasteiger partial charge in [-0.25, -0.2) is 0 Å². The van der Waals surface area contributed by atoms with Gasteiger partial charge in [0.25, 0.3) is 8.32 Å². The summed E-state index contributed by atoms with van der Waals surface area (Å²) >= 11 is 0. The van der Waals surface area contributed by atoms with Crippen LogP contribution in [-0.2, 0) is 18.4 Å². The number of benzene rings is 3. The van der Waals surface area contributed by atoms with Gasteiger partial charge < -0.3 is 13.6 Å². The number of hydrogen-bond acceptors (Lipinski definition) is 4. The van der Waals surface area contributed by atoms with Gasteiger partial charge in [0.05, 0.1) is 12.0 Å². The molecule has 0 bridgehead atoms. The summed E-state index contributed by atoms with van der Waals surface area (Å²) in [6.07, 6.45) is 0.215. The number of ether oxygens (including phenoxy) is 1. The number of rotatable bonds is 9. The highest BCUT2D eigenvalue weighted by molar-refractivity contribution is 7.07. The molecule has 4 atom stereocenters. The van der Waals surface area contributed by atoms with E-state index in [1.165, 1.54) is 15.6 Å². The zero-order chi connectivity index (χ0) is 28.3. The van der Waals surface area contributed by atoms with Crippen molar-refractivity contribution in [2.75, 3.05) is 6.61 Å². The van der Waals surface area contributed by atoms with E-state index in [0.717, 1.165) is 0 Å². The first-order valence-corrected chi connectivity index (χ1v) is 19.0. The first kappa shape index (κ1) is 29.5. The lowest BCUT2D eigenvalue weighted by Gasteiger charge is -2.46. The Hall–Kier alpha value is -2.52. The van der Waals surface area contributed by atoms with E-state index in [-0.39, 0.29) is 35.1 Å². The van der Waals surface area contributed by atoms with Crippen molar-refractivity contribution >= 4 is 38.2 Å². The first-order chi connectivity index (χ1) is 18.5. The Morgan fingerprint density at radius 1 is 0.769 bits per heavy atom. The summed E-state index contributed by atoms with van der Waals surface area (Å²) in [6.45, 7) is 15.8. The molecule has 0 spiro atoms. The molecule has 39 heavy (non-hydrogen) atoms. The van der Waals surface area contributed by atoms with E-state index in [0.29, 0.717) is 13.0 Å². The van der Waals surface area contributed by atoms with E-state index >= 15 is 0 Å². The van der Waals surface area contributed by atoms with Crippen molar-refractivity contribution in [3.05, 3.63) is 91.0 Å². The van der Waals surface area contributed by atoms with Crippen LogP contribution in [0.3, 0.4) is 0 Å². The third-order valence-electron chi connectivity index (χ3n) is 8.74. The molecular formula is C33H44O4Si2. The monoisotopic (exact) mass is 560 g/mol. The average molecular weight is 561 g/mol. The number of cyclic esters (lactones) is 1. The second-order valence-electron chi connectivity index (χ2n) is 12.4. The van der Waals surface area contributed by atoms with Gasteiger partial charge in [-0.3, -0.25) is 4.79 Å². The molecule has 3 aromatic rings. The topological polar surface area (TPSA) is 44.8 Å². The quantitative estimate of drug-likeness (QED) is 0.193. The van der Waals surface area contributed by atoms with Crippen molar-refractivity contribution in [1.82, 2.24) is 0 Å². The summed E-state index contributed by atoms with van der Waals surface area (Å²) in [7, 11) is -4.87. The van der Waals surface area contributed by atoms with Crippen LogP contribution in [0.25, 0.3) is 0 Å². The second kappa shape index (κ2) is 11.9. The van der Waals surface area contributed by atoms with Gasteiger partial charge in [-0.05, 0) is 40.6 Å². The van der Waals surface area contributed by atoms with Gasteiger partial charge >= 0.3 is 5.97 Å². The maximum atomic E-state index is 13.0. The molecule has 6 heteroatoms. The van der Waals surface area contributed by atoms with Gasteiger partial charge in [0.1, 0.15) is 6.10 Å². The Morgan fingerprint density at radius 2 is 1.21 bits per heavy atom. The van der Waals surface area contributed by atoms with Crippen LogP contribution in [0.1, 0.15) is 41.0 Å². The highest BCUT2D eigenvalue weighted by atomic mass is 28.4. The van der Waals surface area contributed by atoms with E-state index in [1.807, 2.05) is 25.1 Å². The fourth-order valence-corrected chi connectivity index (χ4v) is 10.7. The molecular weight excluding hydrogens is 517 g/mol. The van der Waals surface area contributed by atoms with E-state index in [9.17, 15) is 4.79 Å². The maximum absolute atomic E-state index is 13.0. The second-order valence-corrected chi connectivity index (χ2v) is 20.5. The molecule has 3 aromatic carbocycles. The minimum Gasteiger partial charge on any atom is -0.462 e. The van der Waals surface area contributed by atoms with Crippen LogP contribution in [0.4, 0.5) is 0 Å². The molecule has 4 nitrogen and oxygen atoms in total.